The van der Waals surface area contributed by atoms with Crippen LogP contribution in [0.15, 0.2) is 18.2 Å². The van der Waals surface area contributed by atoms with Crippen LogP contribution < -0.4 is 10.5 Å². The number of hydrogen-bond donors (Lipinski definition) is 1. The van der Waals surface area contributed by atoms with Crippen molar-refractivity contribution in [2.24, 2.45) is 0 Å². The average molecular weight is 277 g/mol. The Labute approximate surface area is 122 Å². The molecule has 1 aromatic carbocycles. The van der Waals surface area contributed by atoms with Gasteiger partial charge in [0.15, 0.2) is 0 Å². The Morgan fingerprint density at radius 2 is 2.05 bits per heavy atom. The summed E-state index contributed by atoms with van der Waals surface area (Å²) >= 11 is 0. The second-order valence-corrected chi connectivity index (χ2v) is 5.65. The molecule has 0 bridgehead atoms. The van der Waals surface area contributed by atoms with Crippen molar-refractivity contribution in [3.05, 3.63) is 23.8 Å². The molecule has 4 nitrogen and oxygen atoms in total. The number of methoxy groups -OCH3 is 1. The molecule has 1 saturated heterocycles. The van der Waals surface area contributed by atoms with Crippen molar-refractivity contribution in [2.45, 2.75) is 32.4 Å². The minimum absolute atomic E-state index is 0.667. The molecule has 0 saturated carbocycles. The fourth-order valence-electron chi connectivity index (χ4n) is 2.97. The number of piperidine rings is 1. The summed E-state index contributed by atoms with van der Waals surface area (Å²) in [6, 6.07) is 6.60. The van der Waals surface area contributed by atoms with E-state index < -0.39 is 0 Å². The van der Waals surface area contributed by atoms with Crippen LogP contribution in [0.25, 0.3) is 0 Å². The Hall–Kier alpha value is -1.26. The fraction of sp³-hybridized carbons (Fsp3) is 0.625. The van der Waals surface area contributed by atoms with Gasteiger partial charge in [0, 0.05) is 29.9 Å². The van der Waals surface area contributed by atoms with Crippen LogP contribution in [0, 0.1) is 0 Å². The van der Waals surface area contributed by atoms with Crippen LogP contribution in [0.2, 0.25) is 0 Å². The Bertz CT molecular complexity index is 428. The summed E-state index contributed by atoms with van der Waals surface area (Å²) in [6.07, 6.45) is 2.50. The normalized spacial score (nSPS) is 17.6. The van der Waals surface area contributed by atoms with E-state index in [1.165, 1.54) is 38.0 Å². The third-order valence-electron chi connectivity index (χ3n) is 4.36. The number of anilines is 1. The SMILES string of the molecule is CCN1CCC(N(C)Cc2ccc(N)cc2OC)CC1. The van der Waals surface area contributed by atoms with Gasteiger partial charge in [0.1, 0.15) is 5.75 Å². The summed E-state index contributed by atoms with van der Waals surface area (Å²) in [4.78, 5) is 4.97. The molecule has 0 spiro atoms. The van der Waals surface area contributed by atoms with Gasteiger partial charge in [-0.1, -0.05) is 13.0 Å². The van der Waals surface area contributed by atoms with Gasteiger partial charge >= 0.3 is 0 Å². The van der Waals surface area contributed by atoms with E-state index in [4.69, 9.17) is 10.5 Å². The predicted octanol–water partition coefficient (Wildman–Crippen LogP) is 2.19. The summed E-state index contributed by atoms with van der Waals surface area (Å²) < 4.78 is 5.43. The predicted molar refractivity (Wildman–Crippen MR) is 84.0 cm³/mol. The molecular formula is C16H27N3O. The van der Waals surface area contributed by atoms with Gasteiger partial charge in [-0.2, -0.15) is 0 Å². The lowest BCUT2D eigenvalue weighted by atomic mass is 10.0. The Kier molecular flexibility index (Phi) is 5.26. The minimum atomic E-state index is 0.667. The van der Waals surface area contributed by atoms with E-state index in [1.807, 2.05) is 12.1 Å². The average Bonchev–Trinajstić information content (AvgIpc) is 2.49. The molecule has 0 unspecified atom stereocenters. The first-order valence-corrected chi connectivity index (χ1v) is 7.49. The molecule has 0 amide bonds. The first-order valence-electron chi connectivity index (χ1n) is 7.49. The van der Waals surface area contributed by atoms with Crippen LogP contribution in [-0.2, 0) is 6.54 Å². The molecule has 0 atom stereocenters. The van der Waals surface area contributed by atoms with E-state index in [9.17, 15) is 0 Å². The molecule has 2 N–H and O–H groups in total. The number of likely N-dealkylation sites (tertiary alicyclic amines) is 1. The van der Waals surface area contributed by atoms with Crippen LogP contribution in [0.5, 0.6) is 5.75 Å². The molecular weight excluding hydrogens is 250 g/mol. The lowest BCUT2D eigenvalue weighted by Gasteiger charge is -2.36. The molecule has 20 heavy (non-hydrogen) atoms. The fourth-order valence-corrected chi connectivity index (χ4v) is 2.97. The maximum Gasteiger partial charge on any atom is 0.125 e. The van der Waals surface area contributed by atoms with Gasteiger partial charge in [-0.05, 0) is 45.6 Å². The number of nitrogens with two attached hydrogens (primary N) is 1. The molecule has 1 aliphatic rings. The smallest absolute Gasteiger partial charge is 0.125 e. The van der Waals surface area contributed by atoms with E-state index in [0.29, 0.717) is 6.04 Å². The number of ether oxygens (including phenoxy) is 1. The van der Waals surface area contributed by atoms with Crippen molar-refractivity contribution in [1.29, 1.82) is 0 Å². The molecule has 2 rings (SSSR count). The van der Waals surface area contributed by atoms with Crippen molar-refractivity contribution in [3.8, 4) is 5.75 Å². The van der Waals surface area contributed by atoms with E-state index in [0.717, 1.165) is 18.0 Å². The lowest BCUT2D eigenvalue weighted by molar-refractivity contribution is 0.126. The maximum atomic E-state index is 5.81. The Morgan fingerprint density at radius 3 is 2.65 bits per heavy atom. The quantitative estimate of drug-likeness (QED) is 0.838. The zero-order chi connectivity index (χ0) is 14.5. The second kappa shape index (κ2) is 6.95. The van der Waals surface area contributed by atoms with Gasteiger partial charge in [-0.3, -0.25) is 4.90 Å². The molecule has 0 aliphatic carbocycles. The van der Waals surface area contributed by atoms with Crippen LogP contribution in [0.4, 0.5) is 5.69 Å². The molecule has 1 aromatic rings. The highest BCUT2D eigenvalue weighted by Crippen LogP contribution is 2.25. The van der Waals surface area contributed by atoms with Crippen molar-refractivity contribution < 1.29 is 4.74 Å². The molecule has 4 heteroatoms. The zero-order valence-electron chi connectivity index (χ0n) is 12.9. The van der Waals surface area contributed by atoms with Gasteiger partial charge in [0.25, 0.3) is 0 Å². The van der Waals surface area contributed by atoms with Crippen LogP contribution in [0.1, 0.15) is 25.3 Å². The zero-order valence-corrected chi connectivity index (χ0v) is 12.9. The van der Waals surface area contributed by atoms with Gasteiger partial charge < -0.3 is 15.4 Å². The molecule has 0 aromatic heterocycles. The van der Waals surface area contributed by atoms with Crippen LogP contribution >= 0.6 is 0 Å². The van der Waals surface area contributed by atoms with Crippen molar-refractivity contribution in [2.75, 3.05) is 39.5 Å². The van der Waals surface area contributed by atoms with Crippen molar-refractivity contribution >= 4 is 5.69 Å². The summed E-state index contributed by atoms with van der Waals surface area (Å²) in [5.41, 5.74) is 7.77. The van der Waals surface area contributed by atoms with E-state index in [1.54, 1.807) is 7.11 Å². The number of nitrogens with zero attached hydrogens (tertiary/aromatic N) is 2. The Balaban J connectivity index is 1.96. The van der Waals surface area contributed by atoms with E-state index in [-0.39, 0.29) is 0 Å². The number of hydrogen-bond acceptors (Lipinski definition) is 4. The third-order valence-corrected chi connectivity index (χ3v) is 4.36. The largest absolute Gasteiger partial charge is 0.496 e. The molecule has 1 fully saturated rings. The Morgan fingerprint density at radius 1 is 1.35 bits per heavy atom. The summed E-state index contributed by atoms with van der Waals surface area (Å²) in [6.45, 7) is 6.75. The summed E-state index contributed by atoms with van der Waals surface area (Å²) in [7, 11) is 3.92. The first-order chi connectivity index (χ1) is 9.63. The second-order valence-electron chi connectivity index (χ2n) is 5.65. The van der Waals surface area contributed by atoms with Gasteiger partial charge in [-0.25, -0.2) is 0 Å². The van der Waals surface area contributed by atoms with Crippen LogP contribution in [-0.4, -0.2) is 49.6 Å². The number of nitrogen functional groups attached to an aromatic ring is 1. The minimum Gasteiger partial charge on any atom is -0.496 e. The molecule has 1 aliphatic heterocycles. The van der Waals surface area contributed by atoms with Crippen molar-refractivity contribution in [3.63, 3.8) is 0 Å². The summed E-state index contributed by atoms with van der Waals surface area (Å²) in [5, 5.41) is 0. The van der Waals surface area contributed by atoms with Gasteiger partial charge in [-0.15, -0.1) is 0 Å². The third kappa shape index (κ3) is 3.64. The van der Waals surface area contributed by atoms with Crippen molar-refractivity contribution in [1.82, 2.24) is 9.80 Å². The maximum absolute atomic E-state index is 5.81. The van der Waals surface area contributed by atoms with Gasteiger partial charge in [0.2, 0.25) is 0 Å². The standard InChI is InChI=1S/C16H27N3O/c1-4-19-9-7-15(8-10-19)18(2)12-13-5-6-14(17)11-16(13)20-3/h5-6,11,15H,4,7-10,12,17H2,1-3H3. The highest BCUT2D eigenvalue weighted by molar-refractivity contribution is 5.48. The van der Waals surface area contributed by atoms with E-state index >= 15 is 0 Å². The molecule has 1 heterocycles. The monoisotopic (exact) mass is 277 g/mol. The lowest BCUT2D eigenvalue weighted by Crippen LogP contribution is -2.42. The first kappa shape index (κ1) is 15.1. The highest BCUT2D eigenvalue weighted by atomic mass is 16.5. The number of benzene rings is 1. The molecule has 112 valence electrons. The molecule has 0 radical (unpaired) electrons. The topological polar surface area (TPSA) is 41.7 Å². The van der Waals surface area contributed by atoms with Crippen LogP contribution in [0.3, 0.4) is 0 Å². The van der Waals surface area contributed by atoms with E-state index in [2.05, 4.69) is 29.8 Å². The highest BCUT2D eigenvalue weighted by Gasteiger charge is 2.22. The summed E-state index contributed by atoms with van der Waals surface area (Å²) in [5.74, 6) is 0.892. The number of rotatable bonds is 5. The van der Waals surface area contributed by atoms with Gasteiger partial charge in [0.05, 0.1) is 7.11 Å².